The summed E-state index contributed by atoms with van der Waals surface area (Å²) in [6, 6.07) is 24.0. The van der Waals surface area contributed by atoms with Gasteiger partial charge in [-0.25, -0.2) is 14.1 Å². The van der Waals surface area contributed by atoms with Crippen LogP contribution in [0, 0.1) is 5.82 Å². The van der Waals surface area contributed by atoms with Gasteiger partial charge in [-0.05, 0) is 58.7 Å². The summed E-state index contributed by atoms with van der Waals surface area (Å²) in [5.74, 6) is -0.941. The lowest BCUT2D eigenvalue weighted by molar-refractivity contribution is -0.127. The normalized spacial score (nSPS) is 14.1. The maximum absolute atomic E-state index is 13.3. The Morgan fingerprint density at radius 1 is 0.974 bits per heavy atom. The van der Waals surface area contributed by atoms with Crippen molar-refractivity contribution in [2.24, 2.45) is 0 Å². The summed E-state index contributed by atoms with van der Waals surface area (Å²) in [6.07, 6.45) is 2.29. The Balaban J connectivity index is 1.39. The zero-order valence-electron chi connectivity index (χ0n) is 21.2. The molecule has 0 saturated carbocycles. The van der Waals surface area contributed by atoms with Crippen LogP contribution in [0.2, 0.25) is 0 Å². The van der Waals surface area contributed by atoms with E-state index in [1.807, 2.05) is 55.5 Å². The smallest absolute Gasteiger partial charge is 0.329 e. The fourth-order valence-electron chi connectivity index (χ4n) is 4.44. The molecular formula is C31H26FN3O4. The molecule has 0 bridgehead atoms. The van der Waals surface area contributed by atoms with E-state index in [0.29, 0.717) is 17.0 Å². The van der Waals surface area contributed by atoms with Crippen LogP contribution in [0.4, 0.5) is 14.9 Å². The maximum Gasteiger partial charge on any atom is 0.329 e. The summed E-state index contributed by atoms with van der Waals surface area (Å²) in [7, 11) is 0. The molecule has 4 amide bonds. The first-order valence-electron chi connectivity index (χ1n) is 12.5. The van der Waals surface area contributed by atoms with Crippen molar-refractivity contribution < 1.29 is 23.5 Å². The first-order chi connectivity index (χ1) is 18.9. The summed E-state index contributed by atoms with van der Waals surface area (Å²) >= 11 is 0. The molecule has 196 valence electrons. The van der Waals surface area contributed by atoms with E-state index in [1.165, 1.54) is 12.1 Å². The van der Waals surface area contributed by atoms with Crippen LogP contribution >= 0.6 is 0 Å². The average Bonchev–Trinajstić information content (AvgIpc) is 3.21. The zero-order chi connectivity index (χ0) is 27.4. The highest BCUT2D eigenvalue weighted by Crippen LogP contribution is 2.31. The summed E-state index contributed by atoms with van der Waals surface area (Å²) in [5, 5.41) is 7.11. The standard InChI is InChI=1S/C31H26FN3O4/c1-2-21-7-4-6-10-26(21)33-29(36)18-35-30(37)27(34-31(35)38)17-25-24-9-5-3-8-22(24)13-16-28(25)39-19-20-11-14-23(32)15-12-20/h3-17H,2,18-19H2,1H3,(H,33,36)(H,34,38)/b27-17+. The fourth-order valence-corrected chi connectivity index (χ4v) is 4.44. The topological polar surface area (TPSA) is 87.7 Å². The second kappa shape index (κ2) is 11.2. The molecule has 7 nitrogen and oxygen atoms in total. The van der Waals surface area contributed by atoms with Crippen LogP contribution < -0.4 is 15.4 Å². The van der Waals surface area contributed by atoms with E-state index in [1.54, 1.807) is 30.3 Å². The number of ether oxygens (including phenoxy) is 1. The third-order valence-corrected chi connectivity index (χ3v) is 6.46. The highest BCUT2D eigenvalue weighted by Gasteiger charge is 2.35. The molecule has 0 atom stereocenters. The lowest BCUT2D eigenvalue weighted by atomic mass is 10.0. The highest BCUT2D eigenvalue weighted by atomic mass is 19.1. The van der Waals surface area contributed by atoms with Gasteiger partial charge in [-0.2, -0.15) is 0 Å². The number of hydrogen-bond donors (Lipinski definition) is 2. The number of amides is 4. The van der Waals surface area contributed by atoms with E-state index >= 15 is 0 Å². The molecular weight excluding hydrogens is 497 g/mol. The van der Waals surface area contributed by atoms with E-state index in [9.17, 15) is 18.8 Å². The highest BCUT2D eigenvalue weighted by molar-refractivity contribution is 6.16. The molecule has 4 aromatic rings. The summed E-state index contributed by atoms with van der Waals surface area (Å²) < 4.78 is 19.3. The van der Waals surface area contributed by atoms with Gasteiger partial charge in [0.1, 0.15) is 30.4 Å². The minimum absolute atomic E-state index is 0.0322. The van der Waals surface area contributed by atoms with E-state index in [-0.39, 0.29) is 18.1 Å². The third-order valence-electron chi connectivity index (χ3n) is 6.46. The van der Waals surface area contributed by atoms with Crippen LogP contribution in [0.25, 0.3) is 16.8 Å². The van der Waals surface area contributed by atoms with Crippen molar-refractivity contribution in [1.82, 2.24) is 10.2 Å². The molecule has 39 heavy (non-hydrogen) atoms. The lowest BCUT2D eigenvalue weighted by Gasteiger charge is -2.14. The first kappa shape index (κ1) is 25.7. The predicted octanol–water partition coefficient (Wildman–Crippen LogP) is 5.65. The fraction of sp³-hybridized carbons (Fsp3) is 0.129. The van der Waals surface area contributed by atoms with Gasteiger partial charge in [-0.1, -0.05) is 67.6 Å². The number of para-hydroxylation sites is 1. The van der Waals surface area contributed by atoms with Gasteiger partial charge in [0.2, 0.25) is 5.91 Å². The molecule has 1 aliphatic heterocycles. The molecule has 1 saturated heterocycles. The minimum atomic E-state index is -0.681. The summed E-state index contributed by atoms with van der Waals surface area (Å²) in [4.78, 5) is 39.5. The second-order valence-corrected chi connectivity index (χ2v) is 9.05. The van der Waals surface area contributed by atoms with Crippen molar-refractivity contribution in [3.8, 4) is 5.75 Å². The Hall–Kier alpha value is -4.98. The molecule has 0 aromatic heterocycles. The molecule has 0 unspecified atom stereocenters. The van der Waals surface area contributed by atoms with Crippen molar-refractivity contribution in [3.05, 3.63) is 113 Å². The number of nitrogens with zero attached hydrogens (tertiary/aromatic N) is 1. The van der Waals surface area contributed by atoms with Crippen molar-refractivity contribution in [1.29, 1.82) is 0 Å². The van der Waals surface area contributed by atoms with Gasteiger partial charge < -0.3 is 15.4 Å². The average molecular weight is 524 g/mol. The molecule has 2 N–H and O–H groups in total. The first-order valence-corrected chi connectivity index (χ1v) is 12.5. The lowest BCUT2D eigenvalue weighted by Crippen LogP contribution is -2.38. The van der Waals surface area contributed by atoms with Gasteiger partial charge in [0.05, 0.1) is 0 Å². The van der Waals surface area contributed by atoms with Gasteiger partial charge >= 0.3 is 6.03 Å². The van der Waals surface area contributed by atoms with Crippen LogP contribution in [-0.4, -0.2) is 29.3 Å². The van der Waals surface area contributed by atoms with E-state index in [0.717, 1.165) is 33.2 Å². The van der Waals surface area contributed by atoms with Gasteiger partial charge in [-0.15, -0.1) is 0 Å². The SMILES string of the molecule is CCc1ccccc1NC(=O)CN1C(=O)N/C(=C/c2c(OCc3ccc(F)cc3)ccc3ccccc23)C1=O. The molecule has 4 aromatic carbocycles. The number of carbonyl (C=O) groups is 3. The van der Waals surface area contributed by atoms with Crippen molar-refractivity contribution in [3.63, 3.8) is 0 Å². The minimum Gasteiger partial charge on any atom is -0.488 e. The number of nitrogens with one attached hydrogen (secondary N) is 2. The number of anilines is 1. The van der Waals surface area contributed by atoms with Crippen LogP contribution in [0.5, 0.6) is 5.75 Å². The number of hydrogen-bond acceptors (Lipinski definition) is 4. The molecule has 0 radical (unpaired) electrons. The van der Waals surface area contributed by atoms with Crippen LogP contribution in [0.3, 0.4) is 0 Å². The molecule has 0 spiro atoms. The predicted molar refractivity (Wildman–Crippen MR) is 147 cm³/mol. The number of benzene rings is 4. The van der Waals surface area contributed by atoms with Crippen LogP contribution in [0.15, 0.2) is 90.6 Å². The Morgan fingerprint density at radius 2 is 1.72 bits per heavy atom. The van der Waals surface area contributed by atoms with Crippen LogP contribution in [0.1, 0.15) is 23.6 Å². The number of aryl methyl sites for hydroxylation is 1. The maximum atomic E-state index is 13.3. The van der Waals surface area contributed by atoms with Gasteiger partial charge in [-0.3, -0.25) is 9.59 Å². The number of carbonyl (C=O) groups excluding carboxylic acids is 3. The summed E-state index contributed by atoms with van der Waals surface area (Å²) in [5.41, 5.74) is 3.00. The van der Waals surface area contributed by atoms with Crippen molar-refractivity contribution >= 4 is 40.4 Å². The Kier molecular flexibility index (Phi) is 7.36. The molecule has 1 heterocycles. The van der Waals surface area contributed by atoms with E-state index in [4.69, 9.17) is 4.74 Å². The second-order valence-electron chi connectivity index (χ2n) is 9.05. The molecule has 1 fully saturated rings. The van der Waals surface area contributed by atoms with E-state index < -0.39 is 24.4 Å². The Morgan fingerprint density at radius 3 is 2.51 bits per heavy atom. The van der Waals surface area contributed by atoms with E-state index in [2.05, 4.69) is 10.6 Å². The number of imide groups is 1. The summed E-state index contributed by atoms with van der Waals surface area (Å²) in [6.45, 7) is 1.73. The van der Waals surface area contributed by atoms with Crippen molar-refractivity contribution in [2.45, 2.75) is 20.0 Å². The molecule has 8 heteroatoms. The number of rotatable bonds is 8. The molecule has 1 aliphatic rings. The van der Waals surface area contributed by atoms with Crippen molar-refractivity contribution in [2.75, 3.05) is 11.9 Å². The Bertz CT molecular complexity index is 1600. The monoisotopic (exact) mass is 523 g/mol. The van der Waals surface area contributed by atoms with Crippen LogP contribution in [-0.2, 0) is 22.6 Å². The number of fused-ring (bicyclic) bond motifs is 1. The Labute approximate surface area is 224 Å². The quantitative estimate of drug-likeness (QED) is 0.231. The van der Waals surface area contributed by atoms with Gasteiger partial charge in [0.25, 0.3) is 5.91 Å². The van der Waals surface area contributed by atoms with Gasteiger partial charge in [0, 0.05) is 11.3 Å². The molecule has 5 rings (SSSR count). The number of halogens is 1. The third kappa shape index (κ3) is 5.65. The molecule has 0 aliphatic carbocycles. The zero-order valence-corrected chi connectivity index (χ0v) is 21.2. The van der Waals surface area contributed by atoms with Gasteiger partial charge in [0.15, 0.2) is 0 Å². The number of urea groups is 1. The largest absolute Gasteiger partial charge is 0.488 e.